The van der Waals surface area contributed by atoms with E-state index in [0.717, 1.165) is 12.1 Å². The average molecular weight is 199 g/mol. The highest BCUT2D eigenvalue weighted by molar-refractivity contribution is 5.76. The summed E-state index contributed by atoms with van der Waals surface area (Å²) < 4.78 is 12.9. The molecule has 1 rings (SSSR count). The van der Waals surface area contributed by atoms with Crippen LogP contribution in [-0.2, 0) is 4.79 Å². The Morgan fingerprint density at radius 1 is 1.57 bits per heavy atom. The Balaban J connectivity index is 3.24. The van der Waals surface area contributed by atoms with Gasteiger partial charge in [-0.15, -0.1) is 0 Å². The number of carbonyl (C=O) groups is 1. The smallest absolute Gasteiger partial charge is 0.325 e. The highest BCUT2D eigenvalue weighted by Crippen LogP contribution is 2.28. The second kappa shape index (κ2) is 3.63. The number of benzene rings is 1. The lowest BCUT2D eigenvalue weighted by atomic mass is 10.0. The third-order valence-electron chi connectivity index (χ3n) is 2.00. The van der Waals surface area contributed by atoms with Crippen LogP contribution in [0.5, 0.6) is 5.75 Å². The van der Waals surface area contributed by atoms with Gasteiger partial charge in [0.15, 0.2) is 0 Å². The zero-order chi connectivity index (χ0) is 10.9. The Morgan fingerprint density at radius 2 is 2.14 bits per heavy atom. The van der Waals surface area contributed by atoms with Crippen molar-refractivity contribution < 1.29 is 19.4 Å². The van der Waals surface area contributed by atoms with Crippen LogP contribution in [0.1, 0.15) is 17.2 Å². The Kier molecular flexibility index (Phi) is 2.71. The molecular weight excluding hydrogens is 189 g/mol. The number of phenolic OH excluding ortho intramolecular Hbond substituents is 1. The van der Waals surface area contributed by atoms with Crippen LogP contribution in [0.25, 0.3) is 0 Å². The van der Waals surface area contributed by atoms with E-state index in [1.54, 1.807) is 0 Å². The predicted molar refractivity (Wildman–Crippen MR) is 47.4 cm³/mol. The summed E-state index contributed by atoms with van der Waals surface area (Å²) >= 11 is 0. The molecule has 0 spiro atoms. The van der Waals surface area contributed by atoms with Crippen LogP contribution in [0.4, 0.5) is 4.39 Å². The molecule has 1 atom stereocenters. The molecule has 0 unspecified atom stereocenters. The third kappa shape index (κ3) is 1.67. The molecule has 0 amide bonds. The largest absolute Gasteiger partial charge is 0.507 e. The summed E-state index contributed by atoms with van der Waals surface area (Å²) in [6, 6.07) is 0.901. The Morgan fingerprint density at radius 3 is 2.64 bits per heavy atom. The maximum atomic E-state index is 12.9. The fraction of sp³-hybridized carbons (Fsp3) is 0.222. The number of hydrogen-bond donors (Lipinski definition) is 3. The molecule has 0 aliphatic carbocycles. The topological polar surface area (TPSA) is 83.6 Å². The van der Waals surface area contributed by atoms with E-state index < -0.39 is 23.6 Å². The number of rotatable bonds is 2. The molecule has 0 fully saturated rings. The normalized spacial score (nSPS) is 12.5. The summed E-state index contributed by atoms with van der Waals surface area (Å²) in [5.74, 6) is -2.27. The van der Waals surface area contributed by atoms with E-state index >= 15 is 0 Å². The second-order valence-corrected chi connectivity index (χ2v) is 2.93. The van der Waals surface area contributed by atoms with Crippen LogP contribution in [-0.4, -0.2) is 16.2 Å². The van der Waals surface area contributed by atoms with E-state index in [9.17, 15) is 14.3 Å². The molecule has 1 aromatic rings. The van der Waals surface area contributed by atoms with Gasteiger partial charge in [0.1, 0.15) is 17.6 Å². The molecule has 0 saturated heterocycles. The monoisotopic (exact) mass is 199 g/mol. The maximum Gasteiger partial charge on any atom is 0.325 e. The van der Waals surface area contributed by atoms with Crippen molar-refractivity contribution >= 4 is 5.97 Å². The van der Waals surface area contributed by atoms with E-state index in [4.69, 9.17) is 10.8 Å². The number of aliphatic carboxylic acids is 1. The fourth-order valence-electron chi connectivity index (χ4n) is 1.08. The van der Waals surface area contributed by atoms with Gasteiger partial charge in [0, 0.05) is 11.1 Å². The second-order valence-electron chi connectivity index (χ2n) is 2.93. The molecule has 0 aromatic heterocycles. The summed E-state index contributed by atoms with van der Waals surface area (Å²) in [5.41, 5.74) is 5.29. The first-order valence-electron chi connectivity index (χ1n) is 3.91. The summed E-state index contributed by atoms with van der Waals surface area (Å²) in [4.78, 5) is 10.5. The lowest BCUT2D eigenvalue weighted by Gasteiger charge is -2.11. The maximum absolute atomic E-state index is 12.9. The highest BCUT2D eigenvalue weighted by Gasteiger charge is 2.20. The summed E-state index contributed by atoms with van der Waals surface area (Å²) in [6.45, 7) is 1.35. The molecule has 0 radical (unpaired) electrons. The van der Waals surface area contributed by atoms with Crippen molar-refractivity contribution in [1.82, 2.24) is 0 Å². The van der Waals surface area contributed by atoms with E-state index in [0.29, 0.717) is 0 Å². The molecular formula is C9H10FNO3. The van der Waals surface area contributed by atoms with Crippen LogP contribution in [0, 0.1) is 12.7 Å². The summed E-state index contributed by atoms with van der Waals surface area (Å²) in [7, 11) is 0. The van der Waals surface area contributed by atoms with E-state index in [1.165, 1.54) is 6.92 Å². The van der Waals surface area contributed by atoms with Crippen LogP contribution in [0.3, 0.4) is 0 Å². The van der Waals surface area contributed by atoms with Crippen molar-refractivity contribution in [3.63, 3.8) is 0 Å². The van der Waals surface area contributed by atoms with Gasteiger partial charge >= 0.3 is 5.97 Å². The van der Waals surface area contributed by atoms with Crippen molar-refractivity contribution in [2.45, 2.75) is 13.0 Å². The molecule has 0 aliphatic rings. The molecule has 0 aliphatic heterocycles. The van der Waals surface area contributed by atoms with Gasteiger partial charge < -0.3 is 15.9 Å². The third-order valence-corrected chi connectivity index (χ3v) is 2.00. The van der Waals surface area contributed by atoms with E-state index in [2.05, 4.69) is 0 Å². The van der Waals surface area contributed by atoms with Crippen LogP contribution < -0.4 is 5.73 Å². The van der Waals surface area contributed by atoms with Gasteiger partial charge in [-0.1, -0.05) is 6.07 Å². The van der Waals surface area contributed by atoms with Crippen molar-refractivity contribution in [2.24, 2.45) is 5.73 Å². The Labute approximate surface area is 79.8 Å². The molecule has 0 heterocycles. The molecule has 0 saturated carbocycles. The number of aromatic hydroxyl groups is 1. The molecule has 4 N–H and O–H groups in total. The van der Waals surface area contributed by atoms with Gasteiger partial charge in [0.25, 0.3) is 0 Å². The molecule has 5 heteroatoms. The van der Waals surface area contributed by atoms with E-state index in [1.807, 2.05) is 0 Å². The first-order chi connectivity index (χ1) is 6.45. The van der Waals surface area contributed by atoms with Crippen molar-refractivity contribution in [1.29, 1.82) is 0 Å². The Hall–Kier alpha value is -1.62. The highest BCUT2D eigenvalue weighted by atomic mass is 19.1. The first kappa shape index (κ1) is 10.5. The number of hydrogen-bond acceptors (Lipinski definition) is 3. The van der Waals surface area contributed by atoms with E-state index in [-0.39, 0.29) is 11.1 Å². The molecule has 0 bridgehead atoms. The number of carboxylic acids is 1. The summed E-state index contributed by atoms with van der Waals surface area (Å²) in [6.07, 6.45) is 0. The number of halogens is 1. The quantitative estimate of drug-likeness (QED) is 0.661. The van der Waals surface area contributed by atoms with Crippen LogP contribution >= 0.6 is 0 Å². The number of carboxylic acid groups (broad SMARTS) is 1. The van der Waals surface area contributed by atoms with Crippen molar-refractivity contribution in [3.05, 3.63) is 29.1 Å². The van der Waals surface area contributed by atoms with Crippen molar-refractivity contribution in [3.8, 4) is 5.75 Å². The minimum Gasteiger partial charge on any atom is -0.507 e. The number of nitrogens with two attached hydrogens (primary N) is 1. The van der Waals surface area contributed by atoms with Crippen LogP contribution in [0.15, 0.2) is 12.1 Å². The Bertz CT molecular complexity index is 379. The molecule has 14 heavy (non-hydrogen) atoms. The lowest BCUT2D eigenvalue weighted by Crippen LogP contribution is -2.21. The fourth-order valence-corrected chi connectivity index (χ4v) is 1.08. The standard InChI is InChI=1S/C9H10FNO3/c1-4-6(10)3-2-5(8(4)12)7(11)9(13)14/h2-3,7,12H,11H2,1H3,(H,13,14)/t7-/m0/s1. The van der Waals surface area contributed by atoms with Gasteiger partial charge in [0.2, 0.25) is 0 Å². The van der Waals surface area contributed by atoms with Gasteiger partial charge in [-0.3, -0.25) is 4.79 Å². The average Bonchev–Trinajstić information content (AvgIpc) is 2.13. The first-order valence-corrected chi connectivity index (χ1v) is 3.91. The lowest BCUT2D eigenvalue weighted by molar-refractivity contribution is -0.138. The zero-order valence-electron chi connectivity index (χ0n) is 7.49. The van der Waals surface area contributed by atoms with Gasteiger partial charge in [0.05, 0.1) is 0 Å². The SMILES string of the molecule is Cc1c(F)ccc([C@H](N)C(=O)O)c1O. The predicted octanol–water partition coefficient (Wildman–Crippen LogP) is 0.924. The van der Waals surface area contributed by atoms with Gasteiger partial charge in [-0.25, -0.2) is 4.39 Å². The molecule has 76 valence electrons. The van der Waals surface area contributed by atoms with Crippen LogP contribution in [0.2, 0.25) is 0 Å². The summed E-state index contributed by atoms with van der Waals surface area (Å²) in [5, 5.41) is 18.0. The minimum atomic E-state index is -1.34. The van der Waals surface area contributed by atoms with Gasteiger partial charge in [-0.05, 0) is 13.0 Å². The van der Waals surface area contributed by atoms with Crippen molar-refractivity contribution in [2.75, 3.05) is 0 Å². The minimum absolute atomic E-state index is 0.000741. The number of phenols is 1. The van der Waals surface area contributed by atoms with Gasteiger partial charge in [-0.2, -0.15) is 0 Å². The zero-order valence-corrected chi connectivity index (χ0v) is 7.49. The molecule has 4 nitrogen and oxygen atoms in total. The molecule has 1 aromatic carbocycles.